The van der Waals surface area contributed by atoms with Crippen LogP contribution in [0.1, 0.15) is 80.1 Å². The van der Waals surface area contributed by atoms with E-state index in [0.717, 1.165) is 24.0 Å². The summed E-state index contributed by atoms with van der Waals surface area (Å²) in [6.45, 7) is 10.9. The highest BCUT2D eigenvalue weighted by atomic mass is 16.6. The Hall–Kier alpha value is -2.45. The highest BCUT2D eigenvalue weighted by Crippen LogP contribution is 2.64. The number of aliphatic hydroxyl groups is 1. The van der Waals surface area contributed by atoms with Crippen LogP contribution in [0.25, 0.3) is 0 Å². The quantitative estimate of drug-likeness (QED) is 0.252. The van der Waals surface area contributed by atoms with E-state index in [0.29, 0.717) is 30.4 Å². The molecule has 4 rings (SSSR count). The Morgan fingerprint density at radius 3 is 2.30 bits per heavy atom. The summed E-state index contributed by atoms with van der Waals surface area (Å²) in [5.41, 5.74) is 0.112. The van der Waals surface area contributed by atoms with Gasteiger partial charge in [-0.15, -0.1) is 0 Å². The third kappa shape index (κ3) is 4.46. The van der Waals surface area contributed by atoms with Crippen molar-refractivity contribution in [3.63, 3.8) is 0 Å². The van der Waals surface area contributed by atoms with E-state index in [4.69, 9.17) is 18.9 Å². The largest absolute Gasteiger partial charge is 0.463 e. The molecule has 204 valence electrons. The van der Waals surface area contributed by atoms with Gasteiger partial charge in [0.1, 0.15) is 17.8 Å². The number of ether oxygens (including phenoxy) is 4. The number of esters is 3. The summed E-state index contributed by atoms with van der Waals surface area (Å²) < 4.78 is 24.6. The van der Waals surface area contributed by atoms with E-state index >= 15 is 0 Å². The number of aliphatic hydroxyl groups excluding tert-OH is 1. The lowest BCUT2D eigenvalue weighted by atomic mass is 9.49. The predicted molar refractivity (Wildman–Crippen MR) is 135 cm³/mol. The monoisotopic (exact) mass is 516 g/mol. The van der Waals surface area contributed by atoms with Gasteiger partial charge >= 0.3 is 17.9 Å². The summed E-state index contributed by atoms with van der Waals surface area (Å²) in [7, 11) is 0. The fourth-order valence-electron chi connectivity index (χ4n) is 6.76. The number of rotatable bonds is 5. The van der Waals surface area contributed by atoms with Crippen molar-refractivity contribution in [1.82, 2.24) is 0 Å². The van der Waals surface area contributed by atoms with E-state index in [1.807, 2.05) is 6.92 Å². The number of cyclic esters (lactones) is 1. The lowest BCUT2D eigenvalue weighted by molar-refractivity contribution is -0.309. The Morgan fingerprint density at radius 2 is 1.73 bits per heavy atom. The van der Waals surface area contributed by atoms with E-state index in [1.165, 1.54) is 0 Å². The molecule has 0 amide bonds. The molecule has 37 heavy (non-hydrogen) atoms. The SMILES string of the molecule is C/C=C(/C)C(=O)O[C@@H]1C2=C(CO)CCC[C@@H]2[C@@]2(C)CC[C@@]3(COC(=O)C3)O[C@@]2(C)[C@H]1OC(=O)/C(C)=C/C. The van der Waals surface area contributed by atoms with Crippen LogP contribution in [0.5, 0.6) is 0 Å². The topological polar surface area (TPSA) is 108 Å². The van der Waals surface area contributed by atoms with E-state index < -0.39 is 40.8 Å². The van der Waals surface area contributed by atoms with Crippen molar-refractivity contribution in [2.75, 3.05) is 13.2 Å². The number of allylic oxidation sites excluding steroid dienone is 2. The first-order chi connectivity index (χ1) is 17.4. The highest BCUT2D eigenvalue weighted by Gasteiger charge is 2.70. The molecule has 1 saturated carbocycles. The summed E-state index contributed by atoms with van der Waals surface area (Å²) in [4.78, 5) is 38.5. The van der Waals surface area contributed by atoms with Gasteiger partial charge in [-0.05, 0) is 83.8 Å². The molecule has 3 fully saturated rings. The van der Waals surface area contributed by atoms with Gasteiger partial charge in [-0.3, -0.25) is 4.79 Å². The lowest BCUT2D eigenvalue weighted by Crippen LogP contribution is -2.72. The van der Waals surface area contributed by atoms with Gasteiger partial charge in [-0.25, -0.2) is 9.59 Å². The van der Waals surface area contributed by atoms with Crippen LogP contribution < -0.4 is 0 Å². The van der Waals surface area contributed by atoms with E-state index in [1.54, 1.807) is 39.8 Å². The molecule has 0 bridgehead atoms. The average Bonchev–Trinajstić information content (AvgIpc) is 3.25. The molecular formula is C29H40O8. The minimum atomic E-state index is -1.09. The normalized spacial score (nSPS) is 38.1. The zero-order chi connectivity index (χ0) is 27.2. The molecule has 0 aromatic heterocycles. The Morgan fingerprint density at radius 1 is 1.08 bits per heavy atom. The Balaban J connectivity index is 1.91. The zero-order valence-electron chi connectivity index (χ0n) is 22.8. The summed E-state index contributed by atoms with van der Waals surface area (Å²) in [5.74, 6) is -1.40. The van der Waals surface area contributed by atoms with Crippen molar-refractivity contribution in [2.24, 2.45) is 11.3 Å². The number of carbonyl (C=O) groups is 3. The molecule has 0 radical (unpaired) electrons. The van der Waals surface area contributed by atoms with Crippen LogP contribution in [0, 0.1) is 11.3 Å². The van der Waals surface area contributed by atoms with Crippen LogP contribution in [0.15, 0.2) is 34.4 Å². The molecule has 0 unspecified atom stereocenters. The van der Waals surface area contributed by atoms with Crippen LogP contribution in [-0.4, -0.2) is 59.6 Å². The van der Waals surface area contributed by atoms with Crippen LogP contribution in [-0.2, 0) is 33.3 Å². The molecule has 2 aliphatic heterocycles. The van der Waals surface area contributed by atoms with Crippen molar-refractivity contribution in [1.29, 1.82) is 0 Å². The minimum Gasteiger partial charge on any atom is -0.463 e. The molecule has 4 aliphatic rings. The van der Waals surface area contributed by atoms with E-state index in [2.05, 4.69) is 6.92 Å². The maximum Gasteiger partial charge on any atom is 0.334 e. The first-order valence-corrected chi connectivity index (χ1v) is 13.3. The second-order valence-corrected chi connectivity index (χ2v) is 11.4. The molecule has 0 aromatic rings. The fourth-order valence-corrected chi connectivity index (χ4v) is 6.76. The van der Waals surface area contributed by atoms with Gasteiger partial charge < -0.3 is 24.1 Å². The molecule has 1 spiro atoms. The number of hydrogen-bond acceptors (Lipinski definition) is 8. The van der Waals surface area contributed by atoms with Gasteiger partial charge in [-0.2, -0.15) is 0 Å². The van der Waals surface area contributed by atoms with Gasteiger partial charge in [0.15, 0.2) is 12.2 Å². The first kappa shape index (κ1) is 27.6. The standard InChI is InChI=1S/C29H40O8/c1-7-17(3)25(32)35-23-22-19(15-30)10-9-11-20(22)27(5)12-13-29(14-21(31)34-16-29)37-28(27,6)24(23)36-26(33)18(4)8-2/h7-8,20,23-24,30H,9-16H2,1-6H3/b17-7-,18-8+/t20-,23+,24-,27+,28-,29+/m0/s1. The van der Waals surface area contributed by atoms with Gasteiger partial charge in [0.25, 0.3) is 0 Å². The average molecular weight is 517 g/mol. The maximum atomic E-state index is 13.2. The predicted octanol–water partition coefficient (Wildman–Crippen LogP) is 4.11. The molecule has 0 aromatic carbocycles. The summed E-state index contributed by atoms with van der Waals surface area (Å²) in [6.07, 6.45) is 5.29. The highest BCUT2D eigenvalue weighted by molar-refractivity contribution is 5.89. The van der Waals surface area contributed by atoms with Gasteiger partial charge in [0, 0.05) is 16.6 Å². The van der Waals surface area contributed by atoms with Crippen LogP contribution in [0.3, 0.4) is 0 Å². The summed E-state index contributed by atoms with van der Waals surface area (Å²) >= 11 is 0. The van der Waals surface area contributed by atoms with Crippen molar-refractivity contribution in [2.45, 2.75) is 103 Å². The molecule has 8 heteroatoms. The maximum absolute atomic E-state index is 13.2. The van der Waals surface area contributed by atoms with E-state index in [9.17, 15) is 19.5 Å². The second kappa shape index (κ2) is 10.0. The molecule has 6 atom stereocenters. The lowest BCUT2D eigenvalue weighted by Gasteiger charge is -2.65. The third-order valence-electron chi connectivity index (χ3n) is 9.44. The summed E-state index contributed by atoms with van der Waals surface area (Å²) in [6, 6.07) is 0. The van der Waals surface area contributed by atoms with Gasteiger partial charge in [-0.1, -0.05) is 19.1 Å². The smallest absolute Gasteiger partial charge is 0.334 e. The Kier molecular flexibility index (Phi) is 7.47. The minimum absolute atomic E-state index is 0.0507. The molecule has 8 nitrogen and oxygen atoms in total. The Bertz CT molecular complexity index is 1070. The molecule has 2 heterocycles. The third-order valence-corrected chi connectivity index (χ3v) is 9.44. The van der Waals surface area contributed by atoms with Crippen molar-refractivity contribution < 1.29 is 38.4 Å². The van der Waals surface area contributed by atoms with Crippen molar-refractivity contribution >= 4 is 17.9 Å². The molecular weight excluding hydrogens is 476 g/mol. The van der Waals surface area contributed by atoms with Crippen LogP contribution >= 0.6 is 0 Å². The first-order valence-electron chi connectivity index (χ1n) is 13.3. The molecule has 2 aliphatic carbocycles. The molecule has 1 N–H and O–H groups in total. The second-order valence-electron chi connectivity index (χ2n) is 11.4. The van der Waals surface area contributed by atoms with Gasteiger partial charge in [0.2, 0.25) is 0 Å². The van der Waals surface area contributed by atoms with Gasteiger partial charge in [0.05, 0.1) is 13.0 Å². The molecule has 2 saturated heterocycles. The van der Waals surface area contributed by atoms with Crippen LogP contribution in [0.4, 0.5) is 0 Å². The fraction of sp³-hybridized carbons (Fsp3) is 0.690. The van der Waals surface area contributed by atoms with Crippen molar-refractivity contribution in [3.05, 3.63) is 34.4 Å². The number of fused-ring (bicyclic) bond motifs is 3. The Labute approximate surface area is 219 Å². The number of hydrogen-bond donors (Lipinski definition) is 1. The summed E-state index contributed by atoms with van der Waals surface area (Å²) in [5, 5.41) is 10.4. The number of carbonyl (C=O) groups excluding carboxylic acids is 3. The van der Waals surface area contributed by atoms with E-state index in [-0.39, 0.29) is 31.5 Å². The van der Waals surface area contributed by atoms with Crippen LogP contribution in [0.2, 0.25) is 0 Å². The zero-order valence-corrected chi connectivity index (χ0v) is 22.8. The van der Waals surface area contributed by atoms with Crippen molar-refractivity contribution in [3.8, 4) is 0 Å².